The van der Waals surface area contributed by atoms with E-state index in [4.69, 9.17) is 0 Å². The molecule has 0 saturated heterocycles. The van der Waals surface area contributed by atoms with Crippen LogP contribution in [0.5, 0.6) is 0 Å². The first kappa shape index (κ1) is 15.3. The lowest BCUT2D eigenvalue weighted by Crippen LogP contribution is -2.24. The van der Waals surface area contributed by atoms with Gasteiger partial charge < -0.3 is 10.6 Å². The number of hydrogen-bond acceptors (Lipinski definition) is 2. The molecule has 112 valence electrons. The number of hydrogen-bond donors (Lipinski definition) is 2. The van der Waals surface area contributed by atoms with Crippen molar-refractivity contribution < 1.29 is 13.2 Å². The maximum Gasteiger partial charge on any atom is 0.389 e. The topological polar surface area (TPSA) is 24.1 Å². The van der Waals surface area contributed by atoms with Crippen molar-refractivity contribution in [3.05, 3.63) is 35.4 Å². The third kappa shape index (κ3) is 4.80. The summed E-state index contributed by atoms with van der Waals surface area (Å²) in [5.74, 6) is 0. The van der Waals surface area contributed by atoms with Gasteiger partial charge in [0, 0.05) is 19.0 Å². The second-order valence-electron chi connectivity index (χ2n) is 5.24. The van der Waals surface area contributed by atoms with E-state index in [2.05, 4.69) is 22.8 Å². The van der Waals surface area contributed by atoms with Crippen molar-refractivity contribution in [3.8, 4) is 0 Å². The minimum atomic E-state index is -4.03. The lowest BCUT2D eigenvalue weighted by molar-refractivity contribution is -0.135. The molecule has 1 unspecified atom stereocenters. The predicted octanol–water partition coefficient (Wildman–Crippen LogP) is 3.54. The zero-order valence-electron chi connectivity index (χ0n) is 11.5. The summed E-state index contributed by atoms with van der Waals surface area (Å²) in [4.78, 5) is 0. The van der Waals surface area contributed by atoms with E-state index in [9.17, 15) is 13.2 Å². The first-order chi connectivity index (χ1) is 9.56. The SMILES string of the molecule is FC(F)(F)CCCCNC1CCNCc2ccccc21. The molecule has 1 aromatic carbocycles. The van der Waals surface area contributed by atoms with Gasteiger partial charge in [0.15, 0.2) is 0 Å². The Morgan fingerprint density at radius 1 is 1.20 bits per heavy atom. The summed E-state index contributed by atoms with van der Waals surface area (Å²) in [6.45, 7) is 2.42. The molecular formula is C15H21F3N2. The number of nitrogens with one attached hydrogen (secondary N) is 2. The Bertz CT molecular complexity index is 418. The summed E-state index contributed by atoms with van der Waals surface area (Å²) in [5, 5.41) is 6.76. The zero-order valence-corrected chi connectivity index (χ0v) is 11.5. The van der Waals surface area contributed by atoms with Crippen LogP contribution in [0, 0.1) is 0 Å². The van der Waals surface area contributed by atoms with Crippen LogP contribution in [-0.4, -0.2) is 19.3 Å². The highest BCUT2D eigenvalue weighted by Crippen LogP contribution is 2.24. The molecule has 5 heteroatoms. The lowest BCUT2D eigenvalue weighted by atomic mass is 9.99. The van der Waals surface area contributed by atoms with Crippen LogP contribution in [0.25, 0.3) is 0 Å². The first-order valence-electron chi connectivity index (χ1n) is 7.15. The van der Waals surface area contributed by atoms with Crippen LogP contribution < -0.4 is 10.6 Å². The van der Waals surface area contributed by atoms with Gasteiger partial charge in [-0.25, -0.2) is 0 Å². The van der Waals surface area contributed by atoms with Gasteiger partial charge in [0.2, 0.25) is 0 Å². The van der Waals surface area contributed by atoms with Gasteiger partial charge in [-0.15, -0.1) is 0 Å². The number of benzene rings is 1. The molecule has 2 N–H and O–H groups in total. The summed E-state index contributed by atoms with van der Waals surface area (Å²) in [6.07, 6.45) is -2.98. The number of alkyl halides is 3. The minimum absolute atomic E-state index is 0.198. The van der Waals surface area contributed by atoms with E-state index in [1.54, 1.807) is 0 Å². The third-order valence-corrected chi connectivity index (χ3v) is 3.63. The van der Waals surface area contributed by atoms with Crippen LogP contribution >= 0.6 is 0 Å². The van der Waals surface area contributed by atoms with E-state index in [0.717, 1.165) is 19.5 Å². The van der Waals surface area contributed by atoms with Crippen LogP contribution in [0.2, 0.25) is 0 Å². The normalized spacial score (nSPS) is 19.4. The van der Waals surface area contributed by atoms with Gasteiger partial charge in [-0.05, 0) is 43.5 Å². The molecule has 0 bridgehead atoms. The van der Waals surface area contributed by atoms with E-state index in [0.29, 0.717) is 13.0 Å². The van der Waals surface area contributed by atoms with Crippen LogP contribution in [0.15, 0.2) is 24.3 Å². The number of rotatable bonds is 5. The maximum atomic E-state index is 12.1. The molecule has 2 nitrogen and oxygen atoms in total. The highest BCUT2D eigenvalue weighted by atomic mass is 19.4. The van der Waals surface area contributed by atoms with Crippen molar-refractivity contribution in [1.82, 2.24) is 10.6 Å². The molecule has 0 radical (unpaired) electrons. The smallest absolute Gasteiger partial charge is 0.313 e. The van der Waals surface area contributed by atoms with Crippen molar-refractivity contribution in [2.75, 3.05) is 13.1 Å². The van der Waals surface area contributed by atoms with Gasteiger partial charge in [-0.1, -0.05) is 24.3 Å². The van der Waals surface area contributed by atoms with Crippen molar-refractivity contribution in [3.63, 3.8) is 0 Å². The fourth-order valence-corrected chi connectivity index (χ4v) is 2.60. The van der Waals surface area contributed by atoms with Gasteiger partial charge in [-0.2, -0.15) is 13.2 Å². The van der Waals surface area contributed by atoms with E-state index < -0.39 is 12.6 Å². The lowest BCUT2D eigenvalue weighted by Gasteiger charge is -2.19. The van der Waals surface area contributed by atoms with E-state index in [-0.39, 0.29) is 12.5 Å². The second kappa shape index (κ2) is 7.09. The van der Waals surface area contributed by atoms with Crippen molar-refractivity contribution in [1.29, 1.82) is 0 Å². The summed E-state index contributed by atoms with van der Waals surface area (Å²) < 4.78 is 36.2. The molecule has 1 aliphatic heterocycles. The molecule has 1 aromatic rings. The average Bonchev–Trinajstić information content (AvgIpc) is 2.60. The fraction of sp³-hybridized carbons (Fsp3) is 0.600. The minimum Gasteiger partial charge on any atom is -0.313 e. The Labute approximate surface area is 117 Å². The number of fused-ring (bicyclic) bond motifs is 1. The van der Waals surface area contributed by atoms with Crippen LogP contribution in [0.4, 0.5) is 13.2 Å². The monoisotopic (exact) mass is 286 g/mol. The molecule has 0 saturated carbocycles. The molecule has 1 aliphatic rings. The van der Waals surface area contributed by atoms with Gasteiger partial charge in [0.25, 0.3) is 0 Å². The van der Waals surface area contributed by atoms with Crippen molar-refractivity contribution in [2.24, 2.45) is 0 Å². The van der Waals surface area contributed by atoms with Crippen LogP contribution in [-0.2, 0) is 6.54 Å². The summed E-state index contributed by atoms with van der Waals surface area (Å²) >= 11 is 0. The van der Waals surface area contributed by atoms with Crippen molar-refractivity contribution >= 4 is 0 Å². The van der Waals surface area contributed by atoms with Crippen molar-refractivity contribution in [2.45, 2.75) is 44.4 Å². The molecule has 0 aliphatic carbocycles. The van der Waals surface area contributed by atoms with E-state index in [1.165, 1.54) is 11.1 Å². The van der Waals surface area contributed by atoms with E-state index >= 15 is 0 Å². The molecular weight excluding hydrogens is 265 g/mol. The summed E-state index contributed by atoms with van der Waals surface area (Å²) in [5.41, 5.74) is 2.55. The highest BCUT2D eigenvalue weighted by Gasteiger charge is 2.26. The Kier molecular flexibility index (Phi) is 5.43. The Hall–Kier alpha value is -1.07. The Balaban J connectivity index is 1.81. The molecule has 20 heavy (non-hydrogen) atoms. The largest absolute Gasteiger partial charge is 0.389 e. The second-order valence-corrected chi connectivity index (χ2v) is 5.24. The van der Waals surface area contributed by atoms with Gasteiger partial charge in [-0.3, -0.25) is 0 Å². The fourth-order valence-electron chi connectivity index (χ4n) is 2.60. The Morgan fingerprint density at radius 2 is 2.00 bits per heavy atom. The summed E-state index contributed by atoms with van der Waals surface area (Å²) in [6, 6.07) is 8.49. The highest BCUT2D eigenvalue weighted by molar-refractivity contribution is 5.30. The molecule has 0 spiro atoms. The van der Waals surface area contributed by atoms with Crippen LogP contribution in [0.1, 0.15) is 42.9 Å². The standard InChI is InChI=1S/C15H21F3N2/c16-15(17,18)8-3-4-9-20-14-7-10-19-11-12-5-1-2-6-13(12)14/h1-2,5-6,14,19-20H,3-4,7-11H2. The molecule has 0 fully saturated rings. The average molecular weight is 286 g/mol. The maximum absolute atomic E-state index is 12.1. The van der Waals surface area contributed by atoms with Gasteiger partial charge in [0.05, 0.1) is 0 Å². The van der Waals surface area contributed by atoms with Gasteiger partial charge >= 0.3 is 6.18 Å². The molecule has 0 aromatic heterocycles. The first-order valence-corrected chi connectivity index (χ1v) is 7.15. The molecule has 1 atom stereocenters. The Morgan fingerprint density at radius 3 is 2.80 bits per heavy atom. The molecule has 0 amide bonds. The van der Waals surface area contributed by atoms with Crippen LogP contribution in [0.3, 0.4) is 0 Å². The zero-order chi connectivity index (χ0) is 14.4. The molecule has 2 rings (SSSR count). The third-order valence-electron chi connectivity index (χ3n) is 3.63. The van der Waals surface area contributed by atoms with E-state index in [1.807, 2.05) is 12.1 Å². The quantitative estimate of drug-likeness (QED) is 0.809. The number of unbranched alkanes of at least 4 members (excludes halogenated alkanes) is 1. The predicted molar refractivity (Wildman–Crippen MR) is 73.4 cm³/mol. The summed E-state index contributed by atoms with van der Waals surface area (Å²) in [7, 11) is 0. The number of halogens is 3. The molecule has 1 heterocycles. The van der Waals surface area contributed by atoms with Gasteiger partial charge in [0.1, 0.15) is 0 Å².